The van der Waals surface area contributed by atoms with Crippen molar-refractivity contribution in [2.75, 3.05) is 26.2 Å². The molecule has 0 saturated carbocycles. The van der Waals surface area contributed by atoms with Crippen LogP contribution in [0.5, 0.6) is 5.88 Å². The van der Waals surface area contributed by atoms with Gasteiger partial charge in [0, 0.05) is 39.7 Å². The summed E-state index contributed by atoms with van der Waals surface area (Å²) in [6, 6.07) is 5.94. The first-order valence-corrected chi connectivity index (χ1v) is 13.1. The van der Waals surface area contributed by atoms with E-state index < -0.39 is 56.9 Å². The summed E-state index contributed by atoms with van der Waals surface area (Å²) in [5, 5.41) is 38.6. The Morgan fingerprint density at radius 1 is 1.26 bits per heavy atom. The second-order valence-corrected chi connectivity index (χ2v) is 10.7. The van der Waals surface area contributed by atoms with Gasteiger partial charge in [-0.3, -0.25) is 14.2 Å². The van der Waals surface area contributed by atoms with E-state index in [-0.39, 0.29) is 42.7 Å². The van der Waals surface area contributed by atoms with Gasteiger partial charge in [-0.25, -0.2) is 8.42 Å². The van der Waals surface area contributed by atoms with Crippen LogP contribution in [0.15, 0.2) is 44.2 Å². The molecule has 1 aliphatic rings. The van der Waals surface area contributed by atoms with Crippen LogP contribution < -0.4 is 10.9 Å². The highest BCUT2D eigenvalue weighted by Crippen LogP contribution is 2.42. The number of amides is 1. The number of aromatic nitrogens is 1. The summed E-state index contributed by atoms with van der Waals surface area (Å²) in [7, 11) is -3.90. The highest BCUT2D eigenvalue weighted by molar-refractivity contribution is 7.89. The van der Waals surface area contributed by atoms with Crippen LogP contribution in [0.3, 0.4) is 0 Å². The van der Waals surface area contributed by atoms with Crippen molar-refractivity contribution in [3.8, 4) is 11.9 Å². The van der Waals surface area contributed by atoms with E-state index in [9.17, 15) is 46.7 Å². The molecule has 3 N–H and O–H groups in total. The molecule has 2 heterocycles. The number of carbonyl (C=O) groups is 1. The van der Waals surface area contributed by atoms with Gasteiger partial charge in [-0.05, 0) is 43.0 Å². The van der Waals surface area contributed by atoms with E-state index in [1.165, 1.54) is 41.6 Å². The highest BCUT2D eigenvalue weighted by Gasteiger charge is 2.41. The van der Waals surface area contributed by atoms with Gasteiger partial charge in [0.1, 0.15) is 17.2 Å². The Morgan fingerprint density at radius 2 is 1.92 bits per heavy atom. The normalized spacial score (nSPS) is 16.8. The van der Waals surface area contributed by atoms with E-state index in [0.29, 0.717) is 17.4 Å². The minimum Gasteiger partial charge on any atom is -0.493 e. The number of pyridine rings is 1. The summed E-state index contributed by atoms with van der Waals surface area (Å²) in [6.45, 7) is 0.759. The summed E-state index contributed by atoms with van der Waals surface area (Å²) in [5.41, 5.74) is -5.80. The van der Waals surface area contributed by atoms with Crippen LogP contribution in [-0.4, -0.2) is 59.7 Å². The van der Waals surface area contributed by atoms with E-state index in [1.54, 1.807) is 0 Å². The molecule has 39 heavy (non-hydrogen) atoms. The largest absolute Gasteiger partial charge is 0.493 e. The molecule has 210 valence electrons. The van der Waals surface area contributed by atoms with Crippen molar-refractivity contribution in [2.24, 2.45) is 16.1 Å². The molecular weight excluding hydrogens is 545 g/mol. The number of aliphatic hydroxyl groups excluding tert-OH is 1. The fourth-order valence-electron chi connectivity index (χ4n) is 4.06. The third-order valence-electron chi connectivity index (χ3n) is 6.00. The molecule has 2 aromatic rings. The maximum atomic E-state index is 13.8. The third-order valence-corrected chi connectivity index (χ3v) is 7.88. The van der Waals surface area contributed by atoms with E-state index in [4.69, 9.17) is 0 Å². The van der Waals surface area contributed by atoms with Gasteiger partial charge < -0.3 is 15.5 Å². The Morgan fingerprint density at radius 3 is 2.49 bits per heavy atom. The summed E-state index contributed by atoms with van der Waals surface area (Å²) in [5.74, 6) is -1.89. The van der Waals surface area contributed by atoms with Crippen LogP contribution in [0.25, 0.3) is 0 Å². The van der Waals surface area contributed by atoms with Crippen LogP contribution in [0.2, 0.25) is 0 Å². The number of carbonyl (C=O) groups excluding carboxylic acids is 1. The zero-order valence-electron chi connectivity index (χ0n) is 20.6. The molecule has 0 radical (unpaired) electrons. The first-order valence-electron chi connectivity index (χ1n) is 11.7. The number of aromatic hydroxyl groups is 1. The van der Waals surface area contributed by atoms with Crippen molar-refractivity contribution in [3.63, 3.8) is 0 Å². The van der Waals surface area contributed by atoms with E-state index >= 15 is 0 Å². The Hall–Kier alpha value is -3.81. The van der Waals surface area contributed by atoms with E-state index in [1.807, 2.05) is 0 Å². The Balaban J connectivity index is 1.99. The van der Waals surface area contributed by atoms with Gasteiger partial charge in [0.15, 0.2) is 5.69 Å². The topological polar surface area (TPSA) is 177 Å². The van der Waals surface area contributed by atoms with Crippen LogP contribution in [0.1, 0.15) is 30.9 Å². The number of rotatable bonds is 8. The summed E-state index contributed by atoms with van der Waals surface area (Å²) >= 11 is 0. The van der Waals surface area contributed by atoms with Crippen LogP contribution in [0, 0.1) is 17.2 Å². The predicted octanol–water partition coefficient (Wildman–Crippen LogP) is 2.39. The van der Waals surface area contributed by atoms with Gasteiger partial charge in [0.25, 0.3) is 5.56 Å². The molecule has 12 nitrogen and oxygen atoms in total. The van der Waals surface area contributed by atoms with E-state index in [2.05, 4.69) is 15.5 Å². The number of sulfonamides is 1. The maximum absolute atomic E-state index is 13.8. The molecule has 1 unspecified atom stereocenters. The SMILES string of the molecule is CC(=O)NCCn1c(O)c(/N=N/c2ccc(S(=O)(=O)N3CCCC(CO)C3)cc2)c(C(F)(F)F)c(C#N)c1=O. The van der Waals surface area contributed by atoms with Crippen LogP contribution in [0.4, 0.5) is 24.5 Å². The van der Waals surface area contributed by atoms with E-state index in [0.717, 1.165) is 0 Å². The lowest BCUT2D eigenvalue weighted by atomic mass is 10.0. The van der Waals surface area contributed by atoms with Crippen molar-refractivity contribution in [2.45, 2.75) is 37.4 Å². The average Bonchev–Trinajstić information content (AvgIpc) is 2.89. The van der Waals surface area contributed by atoms with Gasteiger partial charge in [0.05, 0.1) is 10.6 Å². The quantitative estimate of drug-likeness (QED) is 0.408. The monoisotopic (exact) mass is 570 g/mol. The van der Waals surface area contributed by atoms with Crippen LogP contribution in [-0.2, 0) is 27.5 Å². The smallest absolute Gasteiger partial charge is 0.420 e. The molecule has 1 atom stereocenters. The number of aliphatic hydroxyl groups is 1. The molecule has 1 aromatic carbocycles. The number of nitriles is 1. The predicted molar refractivity (Wildman–Crippen MR) is 130 cm³/mol. The van der Waals surface area contributed by atoms with Crippen molar-refractivity contribution < 1.29 is 36.6 Å². The van der Waals surface area contributed by atoms with Gasteiger partial charge in [-0.15, -0.1) is 5.11 Å². The third kappa shape index (κ3) is 6.61. The molecular formula is C23H25F3N6O6S. The Bertz CT molecular complexity index is 1470. The lowest BCUT2D eigenvalue weighted by molar-refractivity contribution is -0.137. The lowest BCUT2D eigenvalue weighted by Gasteiger charge is -2.30. The van der Waals surface area contributed by atoms with Gasteiger partial charge in [0.2, 0.25) is 21.8 Å². The molecule has 0 aliphatic carbocycles. The molecule has 1 amide bonds. The number of nitrogens with zero attached hydrogens (tertiary/aromatic N) is 5. The molecule has 1 saturated heterocycles. The number of azo groups is 1. The molecule has 0 spiro atoms. The number of benzene rings is 1. The van der Waals surface area contributed by atoms with Gasteiger partial charge in [-0.2, -0.15) is 27.9 Å². The number of nitrogens with one attached hydrogen (secondary N) is 1. The Kier molecular flexibility index (Phi) is 9.10. The zero-order valence-corrected chi connectivity index (χ0v) is 21.5. The number of halogens is 3. The molecule has 1 aromatic heterocycles. The molecule has 3 rings (SSSR count). The average molecular weight is 571 g/mol. The summed E-state index contributed by atoms with van der Waals surface area (Å²) < 4.78 is 69.1. The van der Waals surface area contributed by atoms with Crippen molar-refractivity contribution in [1.29, 1.82) is 5.26 Å². The second-order valence-electron chi connectivity index (χ2n) is 8.72. The first-order chi connectivity index (χ1) is 18.3. The molecule has 1 fully saturated rings. The highest BCUT2D eigenvalue weighted by atomic mass is 32.2. The lowest BCUT2D eigenvalue weighted by Crippen LogP contribution is -2.40. The first kappa shape index (κ1) is 29.7. The number of piperidine rings is 1. The minimum atomic E-state index is -5.26. The fraction of sp³-hybridized carbons (Fsp3) is 0.435. The molecule has 0 bridgehead atoms. The fourth-order valence-corrected chi connectivity index (χ4v) is 5.61. The summed E-state index contributed by atoms with van der Waals surface area (Å²) in [6.07, 6.45) is -3.98. The minimum absolute atomic E-state index is 0.0807. The molecule has 1 aliphatic heterocycles. The van der Waals surface area contributed by atoms with Crippen molar-refractivity contribution in [1.82, 2.24) is 14.2 Å². The van der Waals surface area contributed by atoms with Crippen molar-refractivity contribution in [3.05, 3.63) is 45.7 Å². The number of hydrogen-bond donors (Lipinski definition) is 3. The molecule has 16 heteroatoms. The number of alkyl halides is 3. The van der Waals surface area contributed by atoms with Crippen LogP contribution >= 0.6 is 0 Å². The van der Waals surface area contributed by atoms with Gasteiger partial charge in [-0.1, -0.05) is 0 Å². The summed E-state index contributed by atoms with van der Waals surface area (Å²) in [4.78, 5) is 23.5. The zero-order chi connectivity index (χ0) is 29.0. The van der Waals surface area contributed by atoms with Crippen molar-refractivity contribution >= 4 is 27.3 Å². The van der Waals surface area contributed by atoms with Gasteiger partial charge >= 0.3 is 6.18 Å². The number of hydrogen-bond acceptors (Lipinski definition) is 9. The maximum Gasteiger partial charge on any atom is 0.420 e. The standard InChI is InChI=1S/C23H25F3N6O6S/c1-14(34)28-8-10-32-21(35)18(11-27)19(23(24,25)26)20(22(32)36)30-29-16-4-6-17(7-5-16)39(37,38)31-9-2-3-15(12-31)13-33/h4-7,15,33,36H,2-3,8-10,12-13H2,1H3,(H,28,34)/b30-29+. The Labute approximate surface area is 221 Å². The second kappa shape index (κ2) is 11.9.